The molecule has 44 heavy (non-hydrogen) atoms. The van der Waals surface area contributed by atoms with E-state index in [1.54, 1.807) is 24.7 Å². The zero-order chi connectivity index (χ0) is 29.7. The lowest BCUT2D eigenvalue weighted by Crippen LogP contribution is -1.91. The highest BCUT2D eigenvalue weighted by Gasteiger charge is 2.07. The van der Waals surface area contributed by atoms with E-state index in [-0.39, 0.29) is 0 Å². The molecule has 0 bridgehead atoms. The molecular formula is C34H21ClN6O3. The van der Waals surface area contributed by atoms with Crippen molar-refractivity contribution in [3.8, 4) is 34.5 Å². The van der Waals surface area contributed by atoms with Crippen LogP contribution in [0.25, 0.3) is 44.0 Å². The number of ether oxygens (including phenoxy) is 2. The summed E-state index contributed by atoms with van der Waals surface area (Å²) in [5.41, 5.74) is 4.37. The Bertz CT molecular complexity index is 2240. The maximum atomic E-state index is 5.91. The standard InChI is InChI=1S/C21H13N3O2.C13H8ClN3O/c1-2-14-3-5-17(11-18(14)22-8-1)26-21-12-19(23-13-24-21)15-4-6-20-16(10-15)7-9-25-20;14-12-7-13(17-8-16-12)18-10-4-3-9-2-1-5-15-11(9)6-10/h1-13H;1-8H. The first kappa shape index (κ1) is 26.9. The fourth-order valence-electron chi connectivity index (χ4n) is 4.51. The van der Waals surface area contributed by atoms with Gasteiger partial charge in [0.15, 0.2) is 0 Å². The number of hydrogen-bond donors (Lipinski definition) is 0. The average Bonchev–Trinajstić information content (AvgIpc) is 3.53. The molecule has 0 radical (unpaired) electrons. The number of hydrogen-bond acceptors (Lipinski definition) is 9. The minimum atomic E-state index is 0.346. The van der Waals surface area contributed by atoms with Gasteiger partial charge in [-0.1, -0.05) is 23.7 Å². The highest BCUT2D eigenvalue weighted by molar-refractivity contribution is 6.29. The normalized spacial score (nSPS) is 10.8. The van der Waals surface area contributed by atoms with Crippen molar-refractivity contribution in [2.45, 2.75) is 0 Å². The van der Waals surface area contributed by atoms with Crippen molar-refractivity contribution in [2.75, 3.05) is 0 Å². The summed E-state index contributed by atoms with van der Waals surface area (Å²) in [6, 6.07) is 30.5. The SMILES string of the molecule is Clc1cc(Oc2ccc3cccnc3c2)ncn1.c1cnc2cc(Oc3cc(-c4ccc5occc5c4)ncn3)ccc2c1. The third-order valence-electron chi connectivity index (χ3n) is 6.60. The van der Waals surface area contributed by atoms with Crippen LogP contribution in [-0.4, -0.2) is 29.9 Å². The van der Waals surface area contributed by atoms with Gasteiger partial charge in [0.05, 0.1) is 23.0 Å². The summed E-state index contributed by atoms with van der Waals surface area (Å²) in [5.74, 6) is 2.24. The summed E-state index contributed by atoms with van der Waals surface area (Å²) >= 11 is 5.76. The second kappa shape index (κ2) is 12.1. The van der Waals surface area contributed by atoms with Gasteiger partial charge < -0.3 is 13.9 Å². The Morgan fingerprint density at radius 1 is 0.545 bits per heavy atom. The molecule has 3 aromatic carbocycles. The molecule has 0 saturated carbocycles. The summed E-state index contributed by atoms with van der Waals surface area (Å²) in [7, 11) is 0. The van der Waals surface area contributed by atoms with Crippen molar-refractivity contribution in [3.05, 3.63) is 134 Å². The van der Waals surface area contributed by atoms with Gasteiger partial charge in [-0.15, -0.1) is 0 Å². The summed E-state index contributed by atoms with van der Waals surface area (Å²) in [6.07, 6.45) is 8.05. The first-order chi connectivity index (χ1) is 21.7. The predicted octanol–water partition coefficient (Wildman–Crippen LogP) is 8.70. The zero-order valence-electron chi connectivity index (χ0n) is 22.9. The lowest BCUT2D eigenvalue weighted by atomic mass is 10.1. The Morgan fingerprint density at radius 3 is 1.89 bits per heavy atom. The Kier molecular flexibility index (Phi) is 7.42. The van der Waals surface area contributed by atoms with Gasteiger partial charge in [-0.3, -0.25) is 9.97 Å². The van der Waals surface area contributed by atoms with Crippen LogP contribution in [0.2, 0.25) is 5.15 Å². The van der Waals surface area contributed by atoms with Gasteiger partial charge >= 0.3 is 0 Å². The molecule has 5 heterocycles. The molecule has 8 aromatic rings. The van der Waals surface area contributed by atoms with Crippen LogP contribution in [0.3, 0.4) is 0 Å². The molecule has 5 aromatic heterocycles. The van der Waals surface area contributed by atoms with Gasteiger partial charge in [0.2, 0.25) is 11.8 Å². The predicted molar refractivity (Wildman–Crippen MR) is 168 cm³/mol. The molecule has 0 unspecified atom stereocenters. The van der Waals surface area contributed by atoms with Gasteiger partial charge in [-0.05, 0) is 60.7 Å². The van der Waals surface area contributed by atoms with E-state index in [1.807, 2.05) is 91.0 Å². The van der Waals surface area contributed by atoms with E-state index in [1.165, 1.54) is 12.7 Å². The van der Waals surface area contributed by atoms with Crippen molar-refractivity contribution >= 4 is 44.4 Å². The second-order valence-electron chi connectivity index (χ2n) is 9.51. The summed E-state index contributed by atoms with van der Waals surface area (Å²) in [6.45, 7) is 0. The molecule has 0 N–H and O–H groups in total. The maximum Gasteiger partial charge on any atom is 0.223 e. The molecule has 0 aliphatic heterocycles. The van der Waals surface area contributed by atoms with E-state index in [9.17, 15) is 0 Å². The number of fused-ring (bicyclic) bond motifs is 3. The van der Waals surface area contributed by atoms with Gasteiger partial charge in [-0.25, -0.2) is 19.9 Å². The van der Waals surface area contributed by atoms with E-state index in [0.29, 0.717) is 28.4 Å². The zero-order valence-corrected chi connectivity index (χ0v) is 23.7. The molecule has 8 rings (SSSR count). The Labute approximate surface area is 255 Å². The number of pyridine rings is 2. The van der Waals surface area contributed by atoms with Crippen molar-refractivity contribution in [2.24, 2.45) is 0 Å². The quantitative estimate of drug-likeness (QED) is 0.180. The lowest BCUT2D eigenvalue weighted by molar-refractivity contribution is 0.462. The third kappa shape index (κ3) is 6.13. The molecular weight excluding hydrogens is 576 g/mol. The molecule has 0 spiro atoms. The minimum absolute atomic E-state index is 0.346. The number of nitrogens with zero attached hydrogens (tertiary/aromatic N) is 6. The summed E-state index contributed by atoms with van der Waals surface area (Å²) < 4.78 is 16.9. The van der Waals surface area contributed by atoms with E-state index >= 15 is 0 Å². The molecule has 10 heteroatoms. The van der Waals surface area contributed by atoms with E-state index < -0.39 is 0 Å². The monoisotopic (exact) mass is 596 g/mol. The minimum Gasteiger partial charge on any atom is -0.464 e. The van der Waals surface area contributed by atoms with E-state index in [4.69, 9.17) is 25.5 Å². The van der Waals surface area contributed by atoms with Crippen molar-refractivity contribution in [3.63, 3.8) is 0 Å². The lowest BCUT2D eigenvalue weighted by Gasteiger charge is -2.07. The van der Waals surface area contributed by atoms with Crippen molar-refractivity contribution in [1.82, 2.24) is 29.9 Å². The van der Waals surface area contributed by atoms with Crippen LogP contribution in [0.4, 0.5) is 0 Å². The second-order valence-corrected chi connectivity index (χ2v) is 9.90. The van der Waals surface area contributed by atoms with Gasteiger partial charge in [-0.2, -0.15) is 0 Å². The van der Waals surface area contributed by atoms with Gasteiger partial charge in [0.1, 0.15) is 34.9 Å². The van der Waals surface area contributed by atoms with Crippen LogP contribution in [0.15, 0.2) is 133 Å². The topological polar surface area (TPSA) is 109 Å². The molecule has 0 amide bonds. The van der Waals surface area contributed by atoms with Crippen LogP contribution >= 0.6 is 11.6 Å². The molecule has 0 aliphatic carbocycles. The maximum absolute atomic E-state index is 5.91. The molecule has 212 valence electrons. The summed E-state index contributed by atoms with van der Waals surface area (Å²) in [5, 5.41) is 3.50. The average molecular weight is 597 g/mol. The van der Waals surface area contributed by atoms with Crippen LogP contribution in [0.1, 0.15) is 0 Å². The number of aromatic nitrogens is 6. The number of rotatable bonds is 5. The third-order valence-corrected chi connectivity index (χ3v) is 6.81. The molecule has 0 aliphatic rings. The highest BCUT2D eigenvalue weighted by atomic mass is 35.5. The van der Waals surface area contributed by atoms with E-state index in [2.05, 4.69) is 29.9 Å². The van der Waals surface area contributed by atoms with Crippen molar-refractivity contribution in [1.29, 1.82) is 0 Å². The molecule has 9 nitrogen and oxygen atoms in total. The fraction of sp³-hybridized carbons (Fsp3) is 0. The number of benzene rings is 3. The molecule has 0 atom stereocenters. The number of halogens is 1. The first-order valence-corrected chi connectivity index (χ1v) is 13.9. The first-order valence-electron chi connectivity index (χ1n) is 13.5. The van der Waals surface area contributed by atoms with E-state index in [0.717, 1.165) is 44.0 Å². The smallest absolute Gasteiger partial charge is 0.223 e. The molecule has 0 fully saturated rings. The van der Waals surface area contributed by atoms with Crippen LogP contribution in [0, 0.1) is 0 Å². The fourth-order valence-corrected chi connectivity index (χ4v) is 4.65. The largest absolute Gasteiger partial charge is 0.464 e. The summed E-state index contributed by atoms with van der Waals surface area (Å²) in [4.78, 5) is 25.0. The Morgan fingerprint density at radius 2 is 1.20 bits per heavy atom. The van der Waals surface area contributed by atoms with Crippen LogP contribution < -0.4 is 9.47 Å². The Hall–Kier alpha value is -5.93. The highest BCUT2D eigenvalue weighted by Crippen LogP contribution is 2.28. The molecule has 0 saturated heterocycles. The Balaban J connectivity index is 0.000000152. The van der Waals surface area contributed by atoms with Gasteiger partial charge in [0, 0.05) is 58.4 Å². The van der Waals surface area contributed by atoms with Crippen LogP contribution in [-0.2, 0) is 0 Å². The van der Waals surface area contributed by atoms with Crippen LogP contribution in [0.5, 0.6) is 23.3 Å². The van der Waals surface area contributed by atoms with Gasteiger partial charge in [0.25, 0.3) is 0 Å². The van der Waals surface area contributed by atoms with Crippen molar-refractivity contribution < 1.29 is 13.9 Å². The number of furan rings is 1.